The van der Waals surface area contributed by atoms with E-state index in [4.69, 9.17) is 0 Å². The first kappa shape index (κ1) is 16.2. The topological polar surface area (TPSA) is 3.24 Å². The molecular formula is C23H23NS. The van der Waals surface area contributed by atoms with Crippen molar-refractivity contribution in [3.8, 4) is 0 Å². The summed E-state index contributed by atoms with van der Waals surface area (Å²) in [7, 11) is 2.19. The van der Waals surface area contributed by atoms with Crippen molar-refractivity contribution in [3.05, 3.63) is 71.8 Å². The Morgan fingerprint density at radius 3 is 2.04 bits per heavy atom. The first-order chi connectivity index (χ1) is 12.2. The molecule has 0 fully saturated rings. The van der Waals surface area contributed by atoms with E-state index < -0.39 is 0 Å². The van der Waals surface area contributed by atoms with Crippen molar-refractivity contribution in [1.82, 2.24) is 0 Å². The van der Waals surface area contributed by atoms with Crippen molar-refractivity contribution in [1.29, 1.82) is 0 Å². The molecule has 3 aromatic carbocycles. The average Bonchev–Trinajstić information content (AvgIpc) is 3.06. The minimum atomic E-state index is 1.04. The number of benzene rings is 3. The summed E-state index contributed by atoms with van der Waals surface area (Å²) >= 11 is 1.93. The molecule has 25 heavy (non-hydrogen) atoms. The SMILES string of the molecule is CCc1ccccc1N(C)c1cccc2c1sc1c(CC)cccc12. The number of thiophene rings is 1. The smallest absolute Gasteiger partial charge is 0.0592 e. The highest BCUT2D eigenvalue weighted by atomic mass is 32.1. The Morgan fingerprint density at radius 2 is 1.28 bits per heavy atom. The van der Waals surface area contributed by atoms with Crippen LogP contribution in [0.15, 0.2) is 60.7 Å². The van der Waals surface area contributed by atoms with Gasteiger partial charge >= 0.3 is 0 Å². The lowest BCUT2D eigenvalue weighted by Gasteiger charge is -2.23. The molecule has 1 nitrogen and oxygen atoms in total. The van der Waals surface area contributed by atoms with Crippen LogP contribution in [0.2, 0.25) is 0 Å². The van der Waals surface area contributed by atoms with Gasteiger partial charge in [-0.2, -0.15) is 0 Å². The molecule has 4 rings (SSSR count). The van der Waals surface area contributed by atoms with Gasteiger partial charge < -0.3 is 4.90 Å². The molecule has 4 aromatic rings. The van der Waals surface area contributed by atoms with Crippen LogP contribution in [0, 0.1) is 0 Å². The fourth-order valence-corrected chi connectivity index (χ4v) is 5.11. The van der Waals surface area contributed by atoms with Crippen molar-refractivity contribution in [2.45, 2.75) is 26.7 Å². The third-order valence-electron chi connectivity index (χ3n) is 5.06. The maximum absolute atomic E-state index is 2.35. The maximum Gasteiger partial charge on any atom is 0.0592 e. The monoisotopic (exact) mass is 345 g/mol. The molecule has 0 unspecified atom stereocenters. The van der Waals surface area contributed by atoms with E-state index >= 15 is 0 Å². The van der Waals surface area contributed by atoms with Gasteiger partial charge in [0.1, 0.15) is 0 Å². The van der Waals surface area contributed by atoms with Crippen LogP contribution in [0.5, 0.6) is 0 Å². The van der Waals surface area contributed by atoms with Crippen molar-refractivity contribution in [3.63, 3.8) is 0 Å². The standard InChI is InChI=1S/C23H23NS/c1-4-16-10-6-7-14-20(16)24(3)21-15-9-13-19-18-12-8-11-17(5-2)22(18)25-23(19)21/h6-15H,4-5H2,1-3H3. The highest BCUT2D eigenvalue weighted by molar-refractivity contribution is 7.26. The number of aryl methyl sites for hydroxylation is 2. The van der Waals surface area contributed by atoms with Crippen LogP contribution < -0.4 is 4.90 Å². The second-order valence-corrected chi connectivity index (χ2v) is 7.47. The van der Waals surface area contributed by atoms with Gasteiger partial charge in [0.2, 0.25) is 0 Å². The predicted octanol–water partition coefficient (Wildman–Crippen LogP) is 6.95. The van der Waals surface area contributed by atoms with Gasteiger partial charge in [0.25, 0.3) is 0 Å². The van der Waals surface area contributed by atoms with E-state index in [2.05, 4.69) is 86.5 Å². The van der Waals surface area contributed by atoms with Gasteiger partial charge in [0.15, 0.2) is 0 Å². The maximum atomic E-state index is 2.35. The van der Waals surface area contributed by atoms with E-state index in [9.17, 15) is 0 Å². The molecule has 0 atom stereocenters. The van der Waals surface area contributed by atoms with Crippen LogP contribution in [-0.2, 0) is 12.8 Å². The van der Waals surface area contributed by atoms with E-state index in [0.29, 0.717) is 0 Å². The third kappa shape index (κ3) is 2.61. The van der Waals surface area contributed by atoms with Crippen LogP contribution in [0.4, 0.5) is 11.4 Å². The molecule has 2 heteroatoms. The number of hydrogen-bond acceptors (Lipinski definition) is 2. The van der Waals surface area contributed by atoms with Gasteiger partial charge in [0.05, 0.1) is 10.4 Å². The fourth-order valence-electron chi connectivity index (χ4n) is 3.67. The molecule has 0 amide bonds. The number of fused-ring (bicyclic) bond motifs is 3. The van der Waals surface area contributed by atoms with Gasteiger partial charge in [-0.1, -0.05) is 62.4 Å². The summed E-state index contributed by atoms with van der Waals surface area (Å²) in [5, 5.41) is 2.76. The van der Waals surface area contributed by atoms with Crippen molar-refractivity contribution in [2.75, 3.05) is 11.9 Å². The van der Waals surface area contributed by atoms with Crippen molar-refractivity contribution in [2.24, 2.45) is 0 Å². The van der Waals surface area contributed by atoms with Crippen LogP contribution in [0.25, 0.3) is 20.2 Å². The summed E-state index contributed by atoms with van der Waals surface area (Å²) in [5.74, 6) is 0. The highest BCUT2D eigenvalue weighted by Gasteiger charge is 2.15. The minimum absolute atomic E-state index is 1.04. The zero-order chi connectivity index (χ0) is 17.4. The number of nitrogens with zero attached hydrogens (tertiary/aromatic N) is 1. The van der Waals surface area contributed by atoms with Gasteiger partial charge in [-0.05, 0) is 36.1 Å². The van der Waals surface area contributed by atoms with Crippen LogP contribution >= 0.6 is 11.3 Å². The molecule has 0 N–H and O–H groups in total. The summed E-state index contributed by atoms with van der Waals surface area (Å²) in [6.07, 6.45) is 2.12. The molecule has 0 spiro atoms. The molecule has 0 bridgehead atoms. The lowest BCUT2D eigenvalue weighted by molar-refractivity contribution is 1.10. The van der Waals surface area contributed by atoms with Crippen LogP contribution in [-0.4, -0.2) is 7.05 Å². The van der Waals surface area contributed by atoms with Crippen LogP contribution in [0.3, 0.4) is 0 Å². The highest BCUT2D eigenvalue weighted by Crippen LogP contribution is 2.42. The molecule has 0 saturated heterocycles. The second-order valence-electron chi connectivity index (χ2n) is 6.44. The number of para-hydroxylation sites is 1. The quantitative estimate of drug-likeness (QED) is 0.387. The van der Waals surface area contributed by atoms with E-state index in [1.807, 2.05) is 11.3 Å². The molecule has 0 radical (unpaired) electrons. The summed E-state index contributed by atoms with van der Waals surface area (Å²) in [6, 6.07) is 22.1. The number of hydrogen-bond donors (Lipinski definition) is 0. The summed E-state index contributed by atoms with van der Waals surface area (Å²) in [6.45, 7) is 4.46. The normalized spacial score (nSPS) is 11.3. The minimum Gasteiger partial charge on any atom is -0.343 e. The van der Waals surface area contributed by atoms with Gasteiger partial charge in [-0.15, -0.1) is 11.3 Å². The fraction of sp³-hybridized carbons (Fsp3) is 0.217. The molecule has 0 aliphatic heterocycles. The third-order valence-corrected chi connectivity index (χ3v) is 6.38. The molecule has 0 aliphatic carbocycles. The van der Waals surface area contributed by atoms with E-state index in [0.717, 1.165) is 12.8 Å². The van der Waals surface area contributed by atoms with E-state index in [1.165, 1.54) is 42.7 Å². The van der Waals surface area contributed by atoms with Crippen LogP contribution in [0.1, 0.15) is 25.0 Å². The molecule has 1 aromatic heterocycles. The molecule has 126 valence electrons. The van der Waals surface area contributed by atoms with Gasteiger partial charge in [-0.25, -0.2) is 0 Å². The first-order valence-electron chi connectivity index (χ1n) is 8.99. The van der Waals surface area contributed by atoms with E-state index in [1.54, 1.807) is 0 Å². The molecule has 0 aliphatic rings. The Kier molecular flexibility index (Phi) is 4.22. The Balaban J connectivity index is 1.96. The Bertz CT molecular complexity index is 1040. The lowest BCUT2D eigenvalue weighted by Crippen LogP contribution is -2.11. The Labute approximate surface area is 153 Å². The number of anilines is 2. The lowest BCUT2D eigenvalue weighted by atomic mass is 10.1. The molecule has 0 saturated carbocycles. The Hall–Kier alpha value is -2.32. The van der Waals surface area contributed by atoms with Gasteiger partial charge in [-0.3, -0.25) is 0 Å². The summed E-state index contributed by atoms with van der Waals surface area (Å²) in [4.78, 5) is 2.35. The molecular weight excluding hydrogens is 322 g/mol. The van der Waals surface area contributed by atoms with E-state index in [-0.39, 0.29) is 0 Å². The average molecular weight is 346 g/mol. The molecule has 1 heterocycles. The summed E-state index contributed by atoms with van der Waals surface area (Å²) < 4.78 is 2.82. The second kappa shape index (κ2) is 6.53. The largest absolute Gasteiger partial charge is 0.343 e. The summed E-state index contributed by atoms with van der Waals surface area (Å²) in [5.41, 5.74) is 5.42. The van der Waals surface area contributed by atoms with Gasteiger partial charge in [0, 0.05) is 28.2 Å². The van der Waals surface area contributed by atoms with Crippen molar-refractivity contribution >= 4 is 42.9 Å². The zero-order valence-electron chi connectivity index (χ0n) is 15.0. The zero-order valence-corrected chi connectivity index (χ0v) is 15.9. The predicted molar refractivity (Wildman–Crippen MR) is 113 cm³/mol. The Morgan fingerprint density at radius 1 is 0.680 bits per heavy atom. The van der Waals surface area contributed by atoms with Crippen molar-refractivity contribution < 1.29 is 0 Å². The number of rotatable bonds is 4. The first-order valence-corrected chi connectivity index (χ1v) is 9.81.